The number of thiophene rings is 1. The van der Waals surface area contributed by atoms with E-state index in [9.17, 15) is 0 Å². The highest BCUT2D eigenvalue weighted by Gasteiger charge is 2.42. The monoisotopic (exact) mass is 280 g/mol. The zero-order chi connectivity index (χ0) is 13.7. The Balaban J connectivity index is 2.17. The quantitative estimate of drug-likeness (QED) is 0.740. The molecule has 1 aliphatic rings. The molecule has 1 heterocycles. The zero-order valence-corrected chi connectivity index (χ0v) is 13.2. The molecule has 0 radical (unpaired) electrons. The van der Waals surface area contributed by atoms with E-state index in [2.05, 4.69) is 35.6 Å². The molecule has 2 rings (SSSR count). The van der Waals surface area contributed by atoms with Gasteiger partial charge in [0.1, 0.15) is 0 Å². The van der Waals surface area contributed by atoms with Crippen molar-refractivity contribution in [2.24, 2.45) is 5.73 Å². The lowest BCUT2D eigenvalue weighted by atomic mass is 9.86. The van der Waals surface area contributed by atoms with Gasteiger partial charge in [0.25, 0.3) is 0 Å². The Morgan fingerprint density at radius 2 is 2.00 bits per heavy atom. The summed E-state index contributed by atoms with van der Waals surface area (Å²) in [6, 6.07) is 3.04. The zero-order valence-electron chi connectivity index (χ0n) is 12.4. The van der Waals surface area contributed by atoms with Gasteiger partial charge in [0.2, 0.25) is 0 Å². The molecule has 19 heavy (non-hydrogen) atoms. The molecule has 0 unspecified atom stereocenters. The number of hydrogen-bond donors (Lipinski definition) is 1. The predicted octanol–water partition coefficient (Wildman–Crippen LogP) is 4.01. The van der Waals surface area contributed by atoms with Gasteiger partial charge in [-0.2, -0.15) is 11.3 Å². The number of nitrogens with zero attached hydrogens (tertiary/aromatic N) is 1. The lowest BCUT2D eigenvalue weighted by molar-refractivity contribution is 0.0579. The van der Waals surface area contributed by atoms with Gasteiger partial charge in [-0.15, -0.1) is 0 Å². The molecule has 108 valence electrons. The van der Waals surface area contributed by atoms with Gasteiger partial charge in [-0.1, -0.05) is 26.7 Å². The maximum atomic E-state index is 6.24. The van der Waals surface area contributed by atoms with Crippen molar-refractivity contribution in [1.82, 2.24) is 4.90 Å². The fraction of sp³-hybridized carbons (Fsp3) is 0.750. The topological polar surface area (TPSA) is 29.3 Å². The first kappa shape index (κ1) is 15.0. The van der Waals surface area contributed by atoms with Gasteiger partial charge in [-0.05, 0) is 48.1 Å². The Bertz CT molecular complexity index is 351. The van der Waals surface area contributed by atoms with Crippen molar-refractivity contribution in [3.8, 4) is 0 Å². The van der Waals surface area contributed by atoms with Crippen molar-refractivity contribution < 1.29 is 0 Å². The van der Waals surface area contributed by atoms with Crippen LogP contribution in [0.3, 0.4) is 0 Å². The third kappa shape index (κ3) is 3.59. The van der Waals surface area contributed by atoms with Gasteiger partial charge in [0.05, 0.1) is 0 Å². The molecule has 1 fully saturated rings. The second-order valence-electron chi connectivity index (χ2n) is 5.92. The largest absolute Gasteiger partial charge is 0.329 e. The molecule has 3 heteroatoms. The van der Waals surface area contributed by atoms with Crippen LogP contribution in [-0.2, 0) is 6.54 Å². The van der Waals surface area contributed by atoms with E-state index in [1.54, 1.807) is 11.3 Å². The van der Waals surface area contributed by atoms with Gasteiger partial charge in [0.15, 0.2) is 0 Å². The Hall–Kier alpha value is -0.380. The summed E-state index contributed by atoms with van der Waals surface area (Å²) in [4.78, 5) is 2.74. The summed E-state index contributed by atoms with van der Waals surface area (Å²) in [5.74, 6) is 0. The predicted molar refractivity (Wildman–Crippen MR) is 84.5 cm³/mol. The van der Waals surface area contributed by atoms with Gasteiger partial charge in [-0.3, -0.25) is 4.90 Å². The number of hydrogen-bond acceptors (Lipinski definition) is 3. The molecule has 1 aromatic heterocycles. The highest BCUT2D eigenvalue weighted by molar-refractivity contribution is 7.07. The summed E-state index contributed by atoms with van der Waals surface area (Å²) >= 11 is 1.80. The van der Waals surface area contributed by atoms with Crippen LogP contribution in [0.2, 0.25) is 0 Å². The van der Waals surface area contributed by atoms with E-state index >= 15 is 0 Å². The summed E-state index contributed by atoms with van der Waals surface area (Å²) < 4.78 is 0. The molecular weight excluding hydrogens is 252 g/mol. The van der Waals surface area contributed by atoms with E-state index in [0.717, 1.165) is 19.1 Å². The van der Waals surface area contributed by atoms with E-state index in [0.29, 0.717) is 0 Å². The van der Waals surface area contributed by atoms with Crippen molar-refractivity contribution in [3.63, 3.8) is 0 Å². The van der Waals surface area contributed by atoms with Gasteiger partial charge in [-0.25, -0.2) is 0 Å². The molecule has 2 nitrogen and oxygen atoms in total. The van der Waals surface area contributed by atoms with Gasteiger partial charge >= 0.3 is 0 Å². The molecule has 1 saturated carbocycles. The standard InChI is InChI=1S/C16H28N2S/c1-3-8-16(13-17,9-4-2)18(15-5-6-15)11-14-7-10-19-12-14/h7,10,12,15H,3-6,8-9,11,13,17H2,1-2H3. The molecule has 1 aromatic rings. The molecule has 0 saturated heterocycles. The van der Waals surface area contributed by atoms with E-state index in [4.69, 9.17) is 5.73 Å². The summed E-state index contributed by atoms with van der Waals surface area (Å²) in [5, 5.41) is 4.47. The average molecular weight is 280 g/mol. The summed E-state index contributed by atoms with van der Waals surface area (Å²) in [6.07, 6.45) is 7.64. The first-order valence-corrected chi connectivity index (χ1v) is 8.68. The van der Waals surface area contributed by atoms with Crippen LogP contribution in [0.5, 0.6) is 0 Å². The van der Waals surface area contributed by atoms with Crippen molar-refractivity contribution in [1.29, 1.82) is 0 Å². The number of nitrogens with two attached hydrogens (primary N) is 1. The maximum absolute atomic E-state index is 6.24. The molecule has 0 bridgehead atoms. The summed E-state index contributed by atoms with van der Waals surface area (Å²) in [7, 11) is 0. The molecular formula is C16H28N2S. The van der Waals surface area contributed by atoms with E-state index < -0.39 is 0 Å². The SMILES string of the molecule is CCCC(CN)(CCC)N(Cc1ccsc1)C1CC1. The fourth-order valence-electron chi connectivity index (χ4n) is 3.31. The molecule has 0 spiro atoms. The van der Waals surface area contributed by atoms with Crippen molar-refractivity contribution >= 4 is 11.3 Å². The maximum Gasteiger partial charge on any atom is 0.0338 e. The van der Waals surface area contributed by atoms with E-state index in [1.165, 1.54) is 44.1 Å². The molecule has 0 atom stereocenters. The molecule has 0 aromatic carbocycles. The molecule has 0 amide bonds. The lowest BCUT2D eigenvalue weighted by Gasteiger charge is -2.44. The minimum absolute atomic E-state index is 0.229. The van der Waals surface area contributed by atoms with E-state index in [1.807, 2.05) is 0 Å². The Morgan fingerprint density at radius 3 is 2.42 bits per heavy atom. The van der Waals surface area contributed by atoms with Crippen LogP contribution in [0, 0.1) is 0 Å². The van der Waals surface area contributed by atoms with E-state index in [-0.39, 0.29) is 5.54 Å². The highest BCUT2D eigenvalue weighted by Crippen LogP contribution is 2.38. The first-order chi connectivity index (χ1) is 9.25. The third-order valence-corrected chi connectivity index (χ3v) is 5.07. The fourth-order valence-corrected chi connectivity index (χ4v) is 3.97. The van der Waals surface area contributed by atoms with Gasteiger partial charge < -0.3 is 5.73 Å². The lowest BCUT2D eigenvalue weighted by Crippen LogP contribution is -2.54. The third-order valence-electron chi connectivity index (χ3n) is 4.34. The molecule has 1 aliphatic carbocycles. The normalized spacial score (nSPS) is 16.2. The van der Waals surface area contributed by atoms with Crippen LogP contribution in [0.4, 0.5) is 0 Å². The van der Waals surface area contributed by atoms with Crippen LogP contribution < -0.4 is 5.73 Å². The van der Waals surface area contributed by atoms with Crippen LogP contribution in [-0.4, -0.2) is 23.0 Å². The van der Waals surface area contributed by atoms with Gasteiger partial charge in [0, 0.05) is 24.7 Å². The van der Waals surface area contributed by atoms with Crippen LogP contribution in [0.25, 0.3) is 0 Å². The second-order valence-corrected chi connectivity index (χ2v) is 6.70. The Morgan fingerprint density at radius 1 is 1.32 bits per heavy atom. The van der Waals surface area contributed by atoms with Crippen LogP contribution >= 0.6 is 11.3 Å². The minimum Gasteiger partial charge on any atom is -0.329 e. The summed E-state index contributed by atoms with van der Waals surface area (Å²) in [6.45, 7) is 6.46. The second kappa shape index (κ2) is 6.87. The van der Waals surface area contributed by atoms with Crippen LogP contribution in [0.15, 0.2) is 16.8 Å². The number of rotatable bonds is 9. The summed E-state index contributed by atoms with van der Waals surface area (Å²) in [5.41, 5.74) is 7.93. The highest BCUT2D eigenvalue weighted by atomic mass is 32.1. The minimum atomic E-state index is 0.229. The van der Waals surface area contributed by atoms with Crippen molar-refractivity contribution in [2.75, 3.05) is 6.54 Å². The Labute approximate surface area is 122 Å². The smallest absolute Gasteiger partial charge is 0.0338 e. The van der Waals surface area contributed by atoms with Crippen molar-refractivity contribution in [2.45, 2.75) is 70.5 Å². The van der Waals surface area contributed by atoms with Crippen molar-refractivity contribution in [3.05, 3.63) is 22.4 Å². The first-order valence-electron chi connectivity index (χ1n) is 7.73. The molecule has 0 aliphatic heterocycles. The average Bonchev–Trinajstić information content (AvgIpc) is 3.12. The Kier molecular flexibility index (Phi) is 5.43. The van der Waals surface area contributed by atoms with Crippen LogP contribution in [0.1, 0.15) is 57.9 Å². The molecule has 2 N–H and O–H groups in total.